The van der Waals surface area contributed by atoms with E-state index in [1.807, 2.05) is 49.4 Å². The third-order valence-electron chi connectivity index (χ3n) is 5.96. The Balaban J connectivity index is 1.61. The average Bonchev–Trinajstić information content (AvgIpc) is 3.13. The van der Waals surface area contributed by atoms with Crippen molar-refractivity contribution in [3.05, 3.63) is 95.6 Å². The first-order chi connectivity index (χ1) is 16.8. The van der Waals surface area contributed by atoms with Gasteiger partial charge in [0.2, 0.25) is 11.8 Å². The Morgan fingerprint density at radius 1 is 0.971 bits per heavy atom. The molecule has 3 aromatic rings. The predicted octanol–water partition coefficient (Wildman–Crippen LogP) is 3.97. The second-order valence-electron chi connectivity index (χ2n) is 8.62. The topological polar surface area (TPSA) is 86.8 Å². The maximum absolute atomic E-state index is 13.6. The highest BCUT2D eigenvalue weighted by Crippen LogP contribution is 2.28. The van der Waals surface area contributed by atoms with Gasteiger partial charge in [0.25, 0.3) is 11.8 Å². The van der Waals surface area contributed by atoms with Crippen LogP contribution in [0.25, 0.3) is 0 Å². The number of aryl methyl sites for hydroxylation is 1. The van der Waals surface area contributed by atoms with Crippen LogP contribution in [0.2, 0.25) is 0 Å². The van der Waals surface area contributed by atoms with Crippen molar-refractivity contribution in [1.29, 1.82) is 0 Å². The molecule has 3 aromatic carbocycles. The molecule has 0 bridgehead atoms. The van der Waals surface area contributed by atoms with Gasteiger partial charge in [0.15, 0.2) is 0 Å². The van der Waals surface area contributed by atoms with Crippen molar-refractivity contribution in [2.75, 3.05) is 16.8 Å². The van der Waals surface area contributed by atoms with Gasteiger partial charge >= 0.3 is 0 Å². The number of nitrogens with zero attached hydrogens (tertiary/aromatic N) is 2. The molecule has 1 unspecified atom stereocenters. The zero-order valence-electron chi connectivity index (χ0n) is 19.7. The molecule has 1 aliphatic heterocycles. The molecule has 7 nitrogen and oxygen atoms in total. The number of imide groups is 1. The predicted molar refractivity (Wildman–Crippen MR) is 134 cm³/mol. The van der Waals surface area contributed by atoms with Crippen LogP contribution in [0.3, 0.4) is 0 Å². The van der Waals surface area contributed by atoms with Gasteiger partial charge in [-0.1, -0.05) is 48.0 Å². The highest BCUT2D eigenvalue weighted by atomic mass is 16.2. The highest BCUT2D eigenvalue weighted by Gasteiger charge is 2.44. The normalized spacial score (nSPS) is 15.3. The van der Waals surface area contributed by atoms with E-state index in [-0.39, 0.29) is 24.1 Å². The summed E-state index contributed by atoms with van der Waals surface area (Å²) in [6, 6.07) is 22.6. The van der Waals surface area contributed by atoms with Crippen LogP contribution in [0.5, 0.6) is 0 Å². The van der Waals surface area contributed by atoms with Gasteiger partial charge in [0.05, 0.1) is 12.1 Å². The molecular formula is C28H27N3O4. The van der Waals surface area contributed by atoms with Gasteiger partial charge in [0, 0.05) is 24.7 Å². The fourth-order valence-electron chi connectivity index (χ4n) is 4.26. The van der Waals surface area contributed by atoms with E-state index in [4.69, 9.17) is 0 Å². The van der Waals surface area contributed by atoms with Crippen LogP contribution in [-0.4, -0.2) is 41.1 Å². The van der Waals surface area contributed by atoms with E-state index in [0.717, 1.165) is 16.0 Å². The third-order valence-corrected chi connectivity index (χ3v) is 5.96. The van der Waals surface area contributed by atoms with Gasteiger partial charge in [-0.25, -0.2) is 4.90 Å². The lowest BCUT2D eigenvalue weighted by Crippen LogP contribution is -2.46. The van der Waals surface area contributed by atoms with Crippen molar-refractivity contribution < 1.29 is 19.2 Å². The van der Waals surface area contributed by atoms with E-state index in [1.165, 1.54) is 11.8 Å². The van der Waals surface area contributed by atoms with Crippen LogP contribution in [0.4, 0.5) is 11.4 Å². The molecule has 1 heterocycles. The minimum absolute atomic E-state index is 0.0847. The van der Waals surface area contributed by atoms with Gasteiger partial charge in [-0.15, -0.1) is 0 Å². The van der Waals surface area contributed by atoms with Crippen molar-refractivity contribution in [1.82, 2.24) is 4.90 Å². The zero-order chi connectivity index (χ0) is 24.9. The Morgan fingerprint density at radius 2 is 1.69 bits per heavy atom. The number of hydrogen-bond acceptors (Lipinski definition) is 4. The first kappa shape index (κ1) is 23.9. The summed E-state index contributed by atoms with van der Waals surface area (Å²) in [6.45, 7) is 3.61. The summed E-state index contributed by atoms with van der Waals surface area (Å²) in [5.74, 6) is -1.29. The van der Waals surface area contributed by atoms with Crippen LogP contribution in [0.15, 0.2) is 78.9 Å². The standard InChI is InChI=1S/C28H27N3O4/c1-19-7-6-10-22(17-19)27(34)30(16-15-21-8-4-3-5-9-21)25-18-26(33)31(28(25)35)24-13-11-23(12-14-24)29-20(2)32/h3-14,17,25H,15-16,18H2,1-2H3,(H,29,32). The minimum Gasteiger partial charge on any atom is -0.326 e. The Bertz CT molecular complexity index is 1250. The number of hydrogen-bond donors (Lipinski definition) is 1. The lowest BCUT2D eigenvalue weighted by molar-refractivity contribution is -0.122. The van der Waals surface area contributed by atoms with E-state index in [0.29, 0.717) is 29.9 Å². The van der Waals surface area contributed by atoms with Crippen LogP contribution in [0.1, 0.15) is 34.8 Å². The van der Waals surface area contributed by atoms with E-state index < -0.39 is 11.9 Å². The second-order valence-corrected chi connectivity index (χ2v) is 8.62. The Labute approximate surface area is 204 Å². The number of amides is 4. The molecule has 0 aromatic heterocycles. The largest absolute Gasteiger partial charge is 0.326 e. The quantitative estimate of drug-likeness (QED) is 0.531. The fraction of sp³-hybridized carbons (Fsp3) is 0.214. The van der Waals surface area contributed by atoms with Crippen LogP contribution >= 0.6 is 0 Å². The first-order valence-corrected chi connectivity index (χ1v) is 11.5. The van der Waals surface area contributed by atoms with Gasteiger partial charge in [0.1, 0.15) is 6.04 Å². The molecule has 4 rings (SSSR count). The van der Waals surface area contributed by atoms with Crippen molar-refractivity contribution in [3.63, 3.8) is 0 Å². The molecule has 1 N–H and O–H groups in total. The van der Waals surface area contributed by atoms with Gasteiger partial charge in [-0.3, -0.25) is 19.2 Å². The number of carbonyl (C=O) groups is 4. The van der Waals surface area contributed by atoms with Crippen molar-refractivity contribution >= 4 is 35.0 Å². The summed E-state index contributed by atoms with van der Waals surface area (Å²) >= 11 is 0. The second kappa shape index (κ2) is 10.3. The highest BCUT2D eigenvalue weighted by molar-refractivity contribution is 6.23. The van der Waals surface area contributed by atoms with Crippen molar-refractivity contribution in [2.45, 2.75) is 32.7 Å². The average molecular weight is 470 g/mol. The maximum atomic E-state index is 13.6. The van der Waals surface area contributed by atoms with Crippen molar-refractivity contribution in [2.24, 2.45) is 0 Å². The summed E-state index contributed by atoms with van der Waals surface area (Å²) in [4.78, 5) is 53.9. The van der Waals surface area contributed by atoms with Crippen LogP contribution in [-0.2, 0) is 20.8 Å². The summed E-state index contributed by atoms with van der Waals surface area (Å²) in [6.07, 6.45) is 0.473. The molecule has 1 atom stereocenters. The summed E-state index contributed by atoms with van der Waals surface area (Å²) in [5, 5.41) is 2.66. The van der Waals surface area contributed by atoms with Crippen LogP contribution < -0.4 is 10.2 Å². The SMILES string of the molecule is CC(=O)Nc1ccc(N2C(=O)CC(N(CCc3ccccc3)C(=O)c3cccc(C)c3)C2=O)cc1. The number of carbonyl (C=O) groups excluding carboxylic acids is 4. The molecule has 4 amide bonds. The monoisotopic (exact) mass is 469 g/mol. The molecule has 178 valence electrons. The third kappa shape index (κ3) is 5.46. The Hall–Kier alpha value is -4.26. The molecule has 1 saturated heterocycles. The number of benzene rings is 3. The molecule has 0 saturated carbocycles. The lowest BCUT2D eigenvalue weighted by atomic mass is 10.1. The minimum atomic E-state index is -0.894. The molecular weight excluding hydrogens is 442 g/mol. The molecule has 0 spiro atoms. The van der Waals surface area contributed by atoms with E-state index in [9.17, 15) is 19.2 Å². The molecule has 7 heteroatoms. The van der Waals surface area contributed by atoms with Gasteiger partial charge < -0.3 is 10.2 Å². The molecule has 1 fully saturated rings. The Morgan fingerprint density at radius 3 is 2.34 bits per heavy atom. The lowest BCUT2D eigenvalue weighted by Gasteiger charge is -2.28. The van der Waals surface area contributed by atoms with E-state index in [1.54, 1.807) is 36.4 Å². The van der Waals surface area contributed by atoms with Gasteiger partial charge in [-0.2, -0.15) is 0 Å². The maximum Gasteiger partial charge on any atom is 0.257 e. The zero-order valence-corrected chi connectivity index (χ0v) is 19.7. The summed E-state index contributed by atoms with van der Waals surface area (Å²) in [7, 11) is 0. The van der Waals surface area contributed by atoms with Crippen LogP contribution in [0, 0.1) is 6.92 Å². The molecule has 0 radical (unpaired) electrons. The number of nitrogens with one attached hydrogen (secondary N) is 1. The Kier molecular flexibility index (Phi) is 7.06. The fourth-order valence-corrected chi connectivity index (χ4v) is 4.26. The van der Waals surface area contributed by atoms with Gasteiger partial charge in [-0.05, 0) is 55.3 Å². The first-order valence-electron chi connectivity index (χ1n) is 11.5. The molecule has 0 aliphatic carbocycles. The molecule has 35 heavy (non-hydrogen) atoms. The van der Waals surface area contributed by atoms with Crippen molar-refractivity contribution in [3.8, 4) is 0 Å². The number of rotatable bonds is 7. The summed E-state index contributed by atoms with van der Waals surface area (Å²) < 4.78 is 0. The van der Waals surface area contributed by atoms with E-state index >= 15 is 0 Å². The molecule has 1 aliphatic rings. The number of anilines is 2. The van der Waals surface area contributed by atoms with E-state index in [2.05, 4.69) is 5.32 Å². The summed E-state index contributed by atoms with van der Waals surface area (Å²) in [5.41, 5.74) is 3.43. The smallest absolute Gasteiger partial charge is 0.257 e.